The monoisotopic (exact) mass is 378 g/mol. The maximum atomic E-state index is 12.5. The Morgan fingerprint density at radius 1 is 1.12 bits per heavy atom. The van der Waals surface area contributed by atoms with Crippen LogP contribution in [0.1, 0.15) is 22.0 Å². The topological polar surface area (TPSA) is 41.6 Å². The summed E-state index contributed by atoms with van der Waals surface area (Å²) in [6, 6.07) is 15.2. The summed E-state index contributed by atoms with van der Waals surface area (Å²) in [7, 11) is 0. The summed E-state index contributed by atoms with van der Waals surface area (Å²) in [5, 5.41) is 3.88. The Labute approximate surface area is 157 Å². The molecule has 1 unspecified atom stereocenters. The van der Waals surface area contributed by atoms with Crippen LogP contribution in [0.25, 0.3) is 0 Å². The third-order valence-electron chi connectivity index (χ3n) is 4.30. The van der Waals surface area contributed by atoms with E-state index in [0.717, 1.165) is 13.1 Å². The number of hydrogen-bond acceptors (Lipinski definition) is 3. The number of rotatable bonds is 5. The Morgan fingerprint density at radius 3 is 2.56 bits per heavy atom. The number of ether oxygens (including phenoxy) is 1. The smallest absolute Gasteiger partial charge is 0.252 e. The zero-order chi connectivity index (χ0) is 17.6. The first-order valence-electron chi connectivity index (χ1n) is 8.25. The maximum Gasteiger partial charge on any atom is 0.252 e. The Kier molecular flexibility index (Phi) is 6.32. The number of carbonyl (C=O) groups excluding carboxylic acids is 1. The Morgan fingerprint density at radius 2 is 1.84 bits per heavy atom. The molecule has 3 rings (SSSR count). The van der Waals surface area contributed by atoms with Crippen LogP contribution in [0.15, 0.2) is 48.5 Å². The molecule has 0 spiro atoms. The van der Waals surface area contributed by atoms with Crippen LogP contribution in [0.5, 0.6) is 0 Å². The summed E-state index contributed by atoms with van der Waals surface area (Å²) in [4.78, 5) is 14.9. The van der Waals surface area contributed by atoms with Crippen LogP contribution >= 0.6 is 23.2 Å². The van der Waals surface area contributed by atoms with Gasteiger partial charge in [0.05, 0.1) is 29.8 Å². The van der Waals surface area contributed by atoms with E-state index in [1.807, 2.05) is 18.2 Å². The second kappa shape index (κ2) is 8.68. The van der Waals surface area contributed by atoms with Gasteiger partial charge in [0.1, 0.15) is 0 Å². The highest BCUT2D eigenvalue weighted by Gasteiger charge is 2.23. The zero-order valence-corrected chi connectivity index (χ0v) is 15.3. The highest BCUT2D eigenvalue weighted by atomic mass is 35.5. The third kappa shape index (κ3) is 4.73. The Hall–Kier alpha value is -1.59. The molecule has 2 aromatic carbocycles. The van der Waals surface area contributed by atoms with Crippen LogP contribution in [0.3, 0.4) is 0 Å². The number of amides is 1. The van der Waals surface area contributed by atoms with Crippen LogP contribution in [0.4, 0.5) is 0 Å². The lowest BCUT2D eigenvalue weighted by Crippen LogP contribution is -2.43. The van der Waals surface area contributed by atoms with E-state index in [9.17, 15) is 4.79 Å². The van der Waals surface area contributed by atoms with Gasteiger partial charge in [0.15, 0.2) is 0 Å². The predicted octanol–water partition coefficient (Wildman–Crippen LogP) is 3.80. The second-order valence-electron chi connectivity index (χ2n) is 5.91. The van der Waals surface area contributed by atoms with Crippen molar-refractivity contribution in [1.82, 2.24) is 10.2 Å². The number of hydrogen-bond donors (Lipinski definition) is 1. The van der Waals surface area contributed by atoms with Crippen LogP contribution in [0, 0.1) is 0 Å². The fourth-order valence-corrected chi connectivity index (χ4v) is 3.35. The van der Waals surface area contributed by atoms with Crippen molar-refractivity contribution in [2.75, 3.05) is 32.8 Å². The predicted molar refractivity (Wildman–Crippen MR) is 100 cm³/mol. The molecule has 1 atom stereocenters. The van der Waals surface area contributed by atoms with Crippen molar-refractivity contribution in [2.24, 2.45) is 0 Å². The average Bonchev–Trinajstić information content (AvgIpc) is 2.65. The van der Waals surface area contributed by atoms with Crippen molar-refractivity contribution in [1.29, 1.82) is 0 Å². The van der Waals surface area contributed by atoms with Gasteiger partial charge >= 0.3 is 0 Å². The van der Waals surface area contributed by atoms with Crippen molar-refractivity contribution in [3.8, 4) is 0 Å². The molecule has 0 saturated carbocycles. The van der Waals surface area contributed by atoms with E-state index in [1.165, 1.54) is 5.56 Å². The quantitative estimate of drug-likeness (QED) is 0.860. The van der Waals surface area contributed by atoms with Gasteiger partial charge in [-0.15, -0.1) is 0 Å². The lowest BCUT2D eigenvalue weighted by Gasteiger charge is -2.35. The van der Waals surface area contributed by atoms with E-state index in [0.29, 0.717) is 35.4 Å². The normalized spacial score (nSPS) is 16.4. The summed E-state index contributed by atoms with van der Waals surface area (Å²) in [5.41, 5.74) is 1.56. The van der Waals surface area contributed by atoms with E-state index >= 15 is 0 Å². The molecule has 0 aromatic heterocycles. The molecular formula is C19H20Cl2N2O2. The highest BCUT2D eigenvalue weighted by Crippen LogP contribution is 2.23. The molecule has 132 valence electrons. The van der Waals surface area contributed by atoms with Crippen LogP contribution < -0.4 is 5.32 Å². The van der Waals surface area contributed by atoms with E-state index in [2.05, 4.69) is 22.3 Å². The molecule has 0 aliphatic carbocycles. The van der Waals surface area contributed by atoms with E-state index in [4.69, 9.17) is 27.9 Å². The minimum absolute atomic E-state index is 0.0898. The molecule has 1 saturated heterocycles. The van der Waals surface area contributed by atoms with Gasteiger partial charge in [-0.2, -0.15) is 0 Å². The molecular weight excluding hydrogens is 359 g/mol. The number of nitrogens with one attached hydrogen (secondary N) is 1. The van der Waals surface area contributed by atoms with Crippen molar-refractivity contribution < 1.29 is 9.53 Å². The molecule has 6 heteroatoms. The zero-order valence-electron chi connectivity index (χ0n) is 13.8. The maximum absolute atomic E-state index is 12.5. The number of halogens is 2. The van der Waals surface area contributed by atoms with Crippen molar-refractivity contribution >= 4 is 29.1 Å². The molecule has 1 aliphatic heterocycles. The molecule has 0 bridgehead atoms. The Bertz CT molecular complexity index is 719. The molecule has 1 aliphatic rings. The second-order valence-corrected chi connectivity index (χ2v) is 6.75. The van der Waals surface area contributed by atoms with Crippen LogP contribution in [-0.2, 0) is 4.74 Å². The van der Waals surface area contributed by atoms with Gasteiger partial charge in [-0.3, -0.25) is 9.69 Å². The first kappa shape index (κ1) is 18.2. The summed E-state index contributed by atoms with van der Waals surface area (Å²) in [6.45, 7) is 3.58. The van der Waals surface area contributed by atoms with Crippen molar-refractivity contribution in [3.63, 3.8) is 0 Å². The van der Waals surface area contributed by atoms with Gasteiger partial charge < -0.3 is 10.1 Å². The molecule has 2 aromatic rings. The average molecular weight is 379 g/mol. The molecule has 1 fully saturated rings. The lowest BCUT2D eigenvalue weighted by atomic mass is 10.0. The van der Waals surface area contributed by atoms with E-state index < -0.39 is 0 Å². The van der Waals surface area contributed by atoms with Crippen molar-refractivity contribution in [2.45, 2.75) is 6.04 Å². The fourth-order valence-electron chi connectivity index (χ4n) is 2.98. The van der Waals surface area contributed by atoms with Crippen LogP contribution in [-0.4, -0.2) is 43.7 Å². The minimum atomic E-state index is -0.221. The molecule has 0 radical (unpaired) electrons. The van der Waals surface area contributed by atoms with Gasteiger partial charge in [0, 0.05) is 24.7 Å². The highest BCUT2D eigenvalue weighted by molar-refractivity contribution is 6.35. The van der Waals surface area contributed by atoms with Gasteiger partial charge in [-0.1, -0.05) is 53.5 Å². The third-order valence-corrected chi connectivity index (χ3v) is 4.86. The van der Waals surface area contributed by atoms with Crippen LogP contribution in [0.2, 0.25) is 10.0 Å². The first-order valence-corrected chi connectivity index (χ1v) is 9.01. The molecule has 1 N–H and O–H groups in total. The summed E-state index contributed by atoms with van der Waals surface area (Å²) in [5.74, 6) is -0.221. The minimum Gasteiger partial charge on any atom is -0.379 e. The van der Waals surface area contributed by atoms with E-state index in [1.54, 1.807) is 18.2 Å². The summed E-state index contributed by atoms with van der Waals surface area (Å²) < 4.78 is 5.45. The fraction of sp³-hybridized carbons (Fsp3) is 0.316. The van der Waals surface area contributed by atoms with Gasteiger partial charge in [0.2, 0.25) is 0 Å². The van der Waals surface area contributed by atoms with Crippen molar-refractivity contribution in [3.05, 3.63) is 69.7 Å². The summed E-state index contributed by atoms with van der Waals surface area (Å²) >= 11 is 12.1. The number of morpholine rings is 1. The summed E-state index contributed by atoms with van der Waals surface area (Å²) in [6.07, 6.45) is 0. The Balaban J connectivity index is 1.74. The molecule has 1 heterocycles. The largest absolute Gasteiger partial charge is 0.379 e. The number of benzene rings is 2. The molecule has 4 nitrogen and oxygen atoms in total. The molecule has 1 amide bonds. The number of nitrogens with zero attached hydrogens (tertiary/aromatic N) is 1. The van der Waals surface area contributed by atoms with Gasteiger partial charge in [-0.05, 0) is 23.8 Å². The standard InChI is InChI=1S/C19H20Cl2N2O2/c20-15-6-7-17(21)16(12-15)19(24)22-13-18(14-4-2-1-3-5-14)23-8-10-25-11-9-23/h1-7,12,18H,8-11,13H2,(H,22,24). The lowest BCUT2D eigenvalue weighted by molar-refractivity contribution is 0.0162. The van der Waals surface area contributed by atoms with E-state index in [-0.39, 0.29) is 11.9 Å². The SMILES string of the molecule is O=C(NCC(c1ccccc1)N1CCOCC1)c1cc(Cl)ccc1Cl. The molecule has 25 heavy (non-hydrogen) atoms. The first-order chi connectivity index (χ1) is 12.1. The van der Waals surface area contributed by atoms with Gasteiger partial charge in [-0.25, -0.2) is 0 Å². The van der Waals surface area contributed by atoms with Gasteiger partial charge in [0.25, 0.3) is 5.91 Å². The number of carbonyl (C=O) groups is 1.